The van der Waals surface area contributed by atoms with Gasteiger partial charge in [0.1, 0.15) is 4.83 Å². The predicted molar refractivity (Wildman–Crippen MR) is 106 cm³/mol. The third-order valence-corrected chi connectivity index (χ3v) is 6.14. The molecular formula is C18H23F3N4O4S. The number of carbonyl (C=O) groups excluding carboxylic acids is 1. The molecule has 30 heavy (non-hydrogen) atoms. The Morgan fingerprint density at radius 3 is 2.37 bits per heavy atom. The summed E-state index contributed by atoms with van der Waals surface area (Å²) in [4.78, 5) is 40.1. The van der Waals surface area contributed by atoms with Crippen molar-refractivity contribution < 1.29 is 23.1 Å². The van der Waals surface area contributed by atoms with Gasteiger partial charge in [0, 0.05) is 24.5 Å². The second-order valence-corrected chi connectivity index (χ2v) is 9.07. The number of amides is 2. The minimum atomic E-state index is -4.48. The molecular weight excluding hydrogens is 425 g/mol. The number of nitrogens with zero attached hydrogens (tertiary/aromatic N) is 3. The standard InChI is InChI=1S/C18H23F3N4O4S/c1-10-11(8-23-7-5-22-15(23)27)30-14-12(10)13(26)25(9-17(2,3)29)16(28)24(14)6-4-18(19,20)21/h29H,4-9H2,1-3H3,(H,22,27). The highest BCUT2D eigenvalue weighted by Gasteiger charge is 2.30. The van der Waals surface area contributed by atoms with Crippen molar-refractivity contribution in [3.8, 4) is 0 Å². The number of hydrogen-bond donors (Lipinski definition) is 2. The summed E-state index contributed by atoms with van der Waals surface area (Å²) < 4.78 is 40.3. The fraction of sp³-hybridized carbons (Fsp3) is 0.611. The van der Waals surface area contributed by atoms with Crippen LogP contribution in [0.4, 0.5) is 18.0 Å². The van der Waals surface area contributed by atoms with Crippen LogP contribution in [-0.4, -0.2) is 50.0 Å². The van der Waals surface area contributed by atoms with E-state index in [0.29, 0.717) is 23.5 Å². The van der Waals surface area contributed by atoms with E-state index in [9.17, 15) is 32.7 Å². The molecule has 0 aromatic carbocycles. The van der Waals surface area contributed by atoms with Gasteiger partial charge in [0.05, 0.1) is 30.5 Å². The number of fused-ring (bicyclic) bond motifs is 1. The van der Waals surface area contributed by atoms with E-state index < -0.39 is 36.0 Å². The SMILES string of the molecule is Cc1c(CN2CCNC2=O)sc2c1c(=O)n(CC(C)(C)O)c(=O)n2CCC(F)(F)F. The lowest BCUT2D eigenvalue weighted by molar-refractivity contribution is -0.136. The molecule has 166 valence electrons. The molecule has 1 fully saturated rings. The average Bonchev–Trinajstić information content (AvgIpc) is 3.14. The van der Waals surface area contributed by atoms with Crippen LogP contribution in [0.1, 0.15) is 30.7 Å². The summed E-state index contributed by atoms with van der Waals surface area (Å²) in [5.74, 6) is 0. The second kappa shape index (κ2) is 7.73. The predicted octanol–water partition coefficient (Wildman–Crippen LogP) is 1.78. The molecule has 3 heterocycles. The molecule has 0 bridgehead atoms. The van der Waals surface area contributed by atoms with Crippen molar-refractivity contribution >= 4 is 27.6 Å². The number of urea groups is 1. The number of aromatic nitrogens is 2. The van der Waals surface area contributed by atoms with E-state index in [1.165, 1.54) is 18.7 Å². The first-order valence-corrected chi connectivity index (χ1v) is 10.2. The molecule has 1 aliphatic rings. The smallest absolute Gasteiger partial charge is 0.389 e. The topological polar surface area (TPSA) is 96.6 Å². The van der Waals surface area contributed by atoms with Crippen molar-refractivity contribution in [1.82, 2.24) is 19.4 Å². The monoisotopic (exact) mass is 448 g/mol. The van der Waals surface area contributed by atoms with Crippen LogP contribution >= 0.6 is 11.3 Å². The first-order valence-electron chi connectivity index (χ1n) is 9.36. The van der Waals surface area contributed by atoms with E-state index in [-0.39, 0.29) is 29.3 Å². The lowest BCUT2D eigenvalue weighted by Crippen LogP contribution is -2.45. The van der Waals surface area contributed by atoms with E-state index in [1.54, 1.807) is 6.92 Å². The van der Waals surface area contributed by atoms with Gasteiger partial charge in [0.2, 0.25) is 0 Å². The van der Waals surface area contributed by atoms with Crippen LogP contribution in [0.15, 0.2) is 9.59 Å². The molecule has 0 saturated carbocycles. The van der Waals surface area contributed by atoms with E-state index in [2.05, 4.69) is 5.32 Å². The molecule has 8 nitrogen and oxygen atoms in total. The number of thiophene rings is 1. The van der Waals surface area contributed by atoms with Crippen LogP contribution in [0.25, 0.3) is 10.2 Å². The van der Waals surface area contributed by atoms with Gasteiger partial charge in [0.15, 0.2) is 0 Å². The zero-order valence-electron chi connectivity index (χ0n) is 16.8. The van der Waals surface area contributed by atoms with Crippen LogP contribution in [0.2, 0.25) is 0 Å². The van der Waals surface area contributed by atoms with E-state index in [4.69, 9.17) is 0 Å². The quantitative estimate of drug-likeness (QED) is 0.704. The van der Waals surface area contributed by atoms with Gasteiger partial charge in [0.25, 0.3) is 5.56 Å². The van der Waals surface area contributed by atoms with Crippen molar-refractivity contribution in [1.29, 1.82) is 0 Å². The largest absolute Gasteiger partial charge is 0.390 e. The fourth-order valence-corrected chi connectivity index (χ4v) is 4.72. The highest BCUT2D eigenvalue weighted by Crippen LogP contribution is 2.30. The summed E-state index contributed by atoms with van der Waals surface area (Å²) in [6, 6.07) is -0.263. The van der Waals surface area contributed by atoms with E-state index in [1.807, 2.05) is 0 Å². The van der Waals surface area contributed by atoms with Gasteiger partial charge in [-0.2, -0.15) is 13.2 Å². The Morgan fingerprint density at radius 2 is 1.83 bits per heavy atom. The van der Waals surface area contributed by atoms with Gasteiger partial charge >= 0.3 is 17.9 Å². The van der Waals surface area contributed by atoms with Gasteiger partial charge in [-0.25, -0.2) is 9.59 Å². The average molecular weight is 448 g/mol. The zero-order valence-corrected chi connectivity index (χ0v) is 17.6. The van der Waals surface area contributed by atoms with Crippen molar-refractivity contribution in [2.24, 2.45) is 0 Å². The molecule has 1 aliphatic heterocycles. The summed E-state index contributed by atoms with van der Waals surface area (Å²) in [7, 11) is 0. The minimum Gasteiger partial charge on any atom is -0.389 e. The third-order valence-electron chi connectivity index (χ3n) is 4.84. The number of nitrogens with one attached hydrogen (secondary N) is 1. The Labute approximate surface area is 173 Å². The van der Waals surface area contributed by atoms with E-state index >= 15 is 0 Å². The Balaban J connectivity index is 2.19. The lowest BCUT2D eigenvalue weighted by atomic mass is 10.1. The number of aryl methyl sites for hydroxylation is 2. The van der Waals surface area contributed by atoms with Gasteiger partial charge in [-0.3, -0.25) is 13.9 Å². The molecule has 3 rings (SSSR count). The second-order valence-electron chi connectivity index (χ2n) is 7.99. The normalized spacial score (nSPS) is 15.3. The first kappa shape index (κ1) is 22.3. The maximum absolute atomic E-state index is 13.0. The fourth-order valence-electron chi connectivity index (χ4n) is 3.39. The summed E-state index contributed by atoms with van der Waals surface area (Å²) >= 11 is 1.04. The van der Waals surface area contributed by atoms with Crippen LogP contribution < -0.4 is 16.6 Å². The number of aliphatic hydroxyl groups is 1. The van der Waals surface area contributed by atoms with Crippen molar-refractivity contribution in [3.05, 3.63) is 31.3 Å². The Bertz CT molecular complexity index is 1090. The molecule has 12 heteroatoms. The number of carbonyl (C=O) groups is 1. The number of halogens is 3. The van der Waals surface area contributed by atoms with Crippen LogP contribution in [0.5, 0.6) is 0 Å². The minimum absolute atomic E-state index is 0.139. The summed E-state index contributed by atoms with van der Waals surface area (Å²) in [6.45, 7) is 4.60. The molecule has 0 unspecified atom stereocenters. The van der Waals surface area contributed by atoms with Crippen molar-refractivity contribution in [3.63, 3.8) is 0 Å². The zero-order chi connectivity index (χ0) is 22.4. The molecule has 0 spiro atoms. The molecule has 1 saturated heterocycles. The first-order chi connectivity index (χ1) is 13.8. The van der Waals surface area contributed by atoms with Gasteiger partial charge < -0.3 is 15.3 Å². The number of hydrogen-bond acceptors (Lipinski definition) is 5. The van der Waals surface area contributed by atoms with Gasteiger partial charge in [-0.15, -0.1) is 11.3 Å². The Kier molecular flexibility index (Phi) is 5.76. The molecule has 2 aromatic rings. The Hall–Kier alpha value is -2.34. The molecule has 2 N–H and O–H groups in total. The third kappa shape index (κ3) is 4.53. The van der Waals surface area contributed by atoms with Crippen molar-refractivity contribution in [2.75, 3.05) is 13.1 Å². The van der Waals surface area contributed by atoms with Crippen LogP contribution in [-0.2, 0) is 19.6 Å². The summed E-state index contributed by atoms with van der Waals surface area (Å²) in [6.07, 6.45) is -5.71. The highest BCUT2D eigenvalue weighted by molar-refractivity contribution is 7.18. The molecule has 2 aromatic heterocycles. The van der Waals surface area contributed by atoms with Gasteiger partial charge in [-0.1, -0.05) is 0 Å². The summed E-state index contributed by atoms with van der Waals surface area (Å²) in [5.41, 5.74) is -2.46. The van der Waals surface area contributed by atoms with Crippen molar-refractivity contribution in [2.45, 2.75) is 58.6 Å². The van der Waals surface area contributed by atoms with E-state index in [0.717, 1.165) is 20.5 Å². The molecule has 2 amide bonds. The van der Waals surface area contributed by atoms with Gasteiger partial charge in [-0.05, 0) is 26.3 Å². The molecule has 0 aliphatic carbocycles. The highest BCUT2D eigenvalue weighted by atomic mass is 32.1. The summed E-state index contributed by atoms with van der Waals surface area (Å²) in [5, 5.41) is 12.9. The maximum Gasteiger partial charge on any atom is 0.390 e. The van der Waals surface area contributed by atoms with Crippen LogP contribution in [0.3, 0.4) is 0 Å². The Morgan fingerprint density at radius 1 is 1.17 bits per heavy atom. The van der Waals surface area contributed by atoms with Crippen LogP contribution in [0, 0.1) is 6.92 Å². The molecule has 0 radical (unpaired) electrons. The number of rotatable bonds is 6. The number of alkyl halides is 3. The molecule has 0 atom stereocenters. The maximum atomic E-state index is 13.0. The lowest BCUT2D eigenvalue weighted by Gasteiger charge is -2.20.